The van der Waals surface area contributed by atoms with Gasteiger partial charge in [-0.1, -0.05) is 18.2 Å². The van der Waals surface area contributed by atoms with Gasteiger partial charge in [-0.3, -0.25) is 25.7 Å². The van der Waals surface area contributed by atoms with Crippen LogP contribution in [0.25, 0.3) is 0 Å². The average molecular weight is 468 g/mol. The van der Waals surface area contributed by atoms with Crippen molar-refractivity contribution in [1.29, 1.82) is 5.41 Å². The maximum atomic E-state index is 12.3. The van der Waals surface area contributed by atoms with Gasteiger partial charge in [0.25, 0.3) is 5.91 Å². The van der Waals surface area contributed by atoms with Crippen molar-refractivity contribution in [2.45, 2.75) is 18.8 Å². The normalized spacial score (nSPS) is 11.7. The number of alkyl halides is 3. The third-order valence-electron chi connectivity index (χ3n) is 3.89. The van der Waals surface area contributed by atoms with Crippen LogP contribution < -0.4 is 32.0 Å². The largest absolute Gasteiger partial charge is 0.573 e. The zero-order chi connectivity index (χ0) is 24.6. The summed E-state index contributed by atoms with van der Waals surface area (Å²) < 4.78 is 40.6. The molecule has 2 aromatic carbocycles. The van der Waals surface area contributed by atoms with Crippen molar-refractivity contribution >= 4 is 29.6 Å². The van der Waals surface area contributed by atoms with Crippen molar-refractivity contribution in [2.24, 2.45) is 5.73 Å². The van der Waals surface area contributed by atoms with E-state index >= 15 is 0 Å². The highest BCUT2D eigenvalue weighted by molar-refractivity contribution is 6.05. The molecule has 3 amide bonds. The molecule has 33 heavy (non-hydrogen) atoms. The molecule has 1 atom stereocenters. The number of carboxylic acids is 1. The van der Waals surface area contributed by atoms with Crippen LogP contribution >= 0.6 is 0 Å². The van der Waals surface area contributed by atoms with Crippen LogP contribution in [0.2, 0.25) is 0 Å². The van der Waals surface area contributed by atoms with Crippen LogP contribution in [-0.4, -0.2) is 35.3 Å². The average Bonchev–Trinajstić information content (AvgIpc) is 2.70. The van der Waals surface area contributed by atoms with E-state index in [4.69, 9.17) is 16.2 Å². The summed E-state index contributed by atoms with van der Waals surface area (Å²) in [6.45, 7) is 0. The number of rotatable bonds is 8. The van der Waals surface area contributed by atoms with E-state index in [9.17, 15) is 27.6 Å². The number of hydrogen-bond acceptors (Lipinski definition) is 6. The van der Waals surface area contributed by atoms with Gasteiger partial charge in [0.15, 0.2) is 5.96 Å². The SMILES string of the molecule is N=C(N)Nc1cccc(C(=O)NC(=O)NNC(CC(=O)O)c2ccc(OC(F)(F)F)cc2)c1. The van der Waals surface area contributed by atoms with E-state index < -0.39 is 42.5 Å². The molecule has 0 saturated carbocycles. The molecule has 2 aromatic rings. The summed E-state index contributed by atoms with van der Waals surface area (Å²) in [5.41, 5.74) is 10.4. The predicted octanol–water partition coefficient (Wildman–Crippen LogP) is 2.05. The van der Waals surface area contributed by atoms with Gasteiger partial charge in [0.1, 0.15) is 5.75 Å². The highest BCUT2D eigenvalue weighted by Gasteiger charge is 2.31. The van der Waals surface area contributed by atoms with Crippen molar-refractivity contribution in [3.8, 4) is 5.75 Å². The Morgan fingerprint density at radius 2 is 1.79 bits per heavy atom. The van der Waals surface area contributed by atoms with Gasteiger partial charge in [0.2, 0.25) is 0 Å². The van der Waals surface area contributed by atoms with E-state index in [2.05, 4.69) is 20.9 Å². The monoisotopic (exact) mass is 468 g/mol. The quantitative estimate of drug-likeness (QED) is 0.175. The van der Waals surface area contributed by atoms with Crippen molar-refractivity contribution in [1.82, 2.24) is 16.2 Å². The van der Waals surface area contributed by atoms with Gasteiger partial charge >= 0.3 is 18.4 Å². The molecule has 0 saturated heterocycles. The molecule has 11 nitrogen and oxygen atoms in total. The number of urea groups is 1. The molecule has 0 bridgehead atoms. The van der Waals surface area contributed by atoms with E-state index in [1.165, 1.54) is 30.3 Å². The Morgan fingerprint density at radius 1 is 1.12 bits per heavy atom. The minimum absolute atomic E-state index is 0.0683. The fourth-order valence-corrected chi connectivity index (χ4v) is 2.58. The number of carbonyl (C=O) groups is 3. The van der Waals surface area contributed by atoms with Crippen LogP contribution in [-0.2, 0) is 4.79 Å². The van der Waals surface area contributed by atoms with Crippen molar-refractivity contribution in [3.05, 3.63) is 59.7 Å². The number of ether oxygens (including phenoxy) is 1. The number of benzene rings is 2. The van der Waals surface area contributed by atoms with Crippen LogP contribution in [0.3, 0.4) is 0 Å². The Kier molecular flexibility index (Phi) is 8.17. The highest BCUT2D eigenvalue weighted by atomic mass is 19.4. The molecule has 14 heteroatoms. The standard InChI is InChI=1S/C19H19F3N6O5/c20-19(21,22)33-13-6-4-10(5-7-13)14(9-15(29)30)27-28-18(32)26-16(31)11-2-1-3-12(8-11)25-17(23)24/h1-8,14,27H,9H2,(H,29,30)(H4,23,24,25)(H2,26,28,31,32). The van der Waals surface area contributed by atoms with Crippen LogP contribution in [0.1, 0.15) is 28.4 Å². The molecule has 0 aromatic heterocycles. The van der Waals surface area contributed by atoms with Crippen molar-refractivity contribution < 1.29 is 37.4 Å². The second kappa shape index (κ2) is 10.8. The summed E-state index contributed by atoms with van der Waals surface area (Å²) in [7, 11) is 0. The van der Waals surface area contributed by atoms with Gasteiger partial charge in [-0.25, -0.2) is 10.2 Å². The fourth-order valence-electron chi connectivity index (χ4n) is 2.58. The molecule has 0 heterocycles. The van der Waals surface area contributed by atoms with Gasteiger partial charge in [0, 0.05) is 11.3 Å². The van der Waals surface area contributed by atoms with Gasteiger partial charge in [0.05, 0.1) is 12.5 Å². The summed E-state index contributed by atoms with van der Waals surface area (Å²) in [6.07, 6.45) is -5.42. The Labute approximate surface area is 184 Å². The first-order chi connectivity index (χ1) is 15.4. The minimum Gasteiger partial charge on any atom is -0.481 e. The topological polar surface area (TPSA) is 179 Å². The molecule has 0 radical (unpaired) electrons. The minimum atomic E-state index is -4.88. The lowest BCUT2D eigenvalue weighted by Gasteiger charge is -2.19. The number of hydrogen-bond donors (Lipinski definition) is 7. The molecule has 0 spiro atoms. The number of carbonyl (C=O) groups excluding carboxylic acids is 2. The molecule has 0 fully saturated rings. The van der Waals surface area contributed by atoms with E-state index in [0.717, 1.165) is 12.1 Å². The Hall–Kier alpha value is -4.33. The summed E-state index contributed by atoms with van der Waals surface area (Å²) in [5, 5.41) is 20.8. The Bertz CT molecular complexity index is 1030. The smallest absolute Gasteiger partial charge is 0.481 e. The van der Waals surface area contributed by atoms with Crippen LogP contribution in [0.4, 0.5) is 23.7 Å². The summed E-state index contributed by atoms with van der Waals surface area (Å²) >= 11 is 0. The van der Waals surface area contributed by atoms with E-state index in [1.54, 1.807) is 6.07 Å². The van der Waals surface area contributed by atoms with Crippen LogP contribution in [0.5, 0.6) is 5.75 Å². The molecular formula is C19H19F3N6O5. The highest BCUT2D eigenvalue weighted by Crippen LogP contribution is 2.25. The number of anilines is 1. The number of carboxylic acid groups (broad SMARTS) is 1. The lowest BCUT2D eigenvalue weighted by atomic mass is 10.0. The van der Waals surface area contributed by atoms with E-state index in [-0.39, 0.29) is 17.1 Å². The molecule has 0 aliphatic rings. The first-order valence-corrected chi connectivity index (χ1v) is 9.08. The third kappa shape index (κ3) is 8.74. The van der Waals surface area contributed by atoms with Gasteiger partial charge in [-0.15, -0.1) is 13.2 Å². The first kappa shape index (κ1) is 24.9. The van der Waals surface area contributed by atoms with Gasteiger partial charge in [-0.05, 0) is 35.9 Å². The molecule has 8 N–H and O–H groups in total. The van der Waals surface area contributed by atoms with Gasteiger partial charge in [-0.2, -0.15) is 0 Å². The maximum absolute atomic E-state index is 12.3. The summed E-state index contributed by atoms with van der Waals surface area (Å²) in [4.78, 5) is 35.4. The Morgan fingerprint density at radius 3 is 2.36 bits per heavy atom. The fraction of sp³-hybridized carbons (Fsp3) is 0.158. The molecule has 0 aliphatic carbocycles. The molecule has 0 aliphatic heterocycles. The zero-order valence-corrected chi connectivity index (χ0v) is 16.7. The van der Waals surface area contributed by atoms with Gasteiger partial charge < -0.3 is 20.9 Å². The van der Waals surface area contributed by atoms with Crippen LogP contribution in [0.15, 0.2) is 48.5 Å². The zero-order valence-electron chi connectivity index (χ0n) is 16.7. The molecule has 176 valence electrons. The molecule has 2 rings (SSSR count). The number of hydrazine groups is 1. The number of nitrogens with one attached hydrogen (secondary N) is 5. The van der Waals surface area contributed by atoms with Crippen molar-refractivity contribution in [2.75, 3.05) is 5.32 Å². The number of halogens is 3. The number of nitrogens with two attached hydrogens (primary N) is 1. The number of aliphatic carboxylic acids is 1. The first-order valence-electron chi connectivity index (χ1n) is 9.08. The number of guanidine groups is 1. The summed E-state index contributed by atoms with van der Waals surface area (Å²) in [5.74, 6) is -2.91. The molecular weight excluding hydrogens is 449 g/mol. The Balaban J connectivity index is 2.00. The predicted molar refractivity (Wildman–Crippen MR) is 109 cm³/mol. The second-order valence-electron chi connectivity index (χ2n) is 6.44. The third-order valence-corrected chi connectivity index (χ3v) is 3.89. The lowest BCUT2D eigenvalue weighted by molar-refractivity contribution is -0.274. The lowest BCUT2D eigenvalue weighted by Crippen LogP contribution is -2.48. The second-order valence-corrected chi connectivity index (χ2v) is 6.44. The van der Waals surface area contributed by atoms with E-state index in [0.29, 0.717) is 5.69 Å². The number of imide groups is 1. The summed E-state index contributed by atoms with van der Waals surface area (Å²) in [6, 6.07) is 8.10. The molecule has 1 unspecified atom stereocenters. The van der Waals surface area contributed by atoms with Crippen molar-refractivity contribution in [3.63, 3.8) is 0 Å². The van der Waals surface area contributed by atoms with E-state index in [1.807, 2.05) is 5.32 Å². The van der Waals surface area contributed by atoms with Crippen LogP contribution in [0, 0.1) is 5.41 Å². The number of amides is 3. The maximum Gasteiger partial charge on any atom is 0.573 e.